The standard InChI is InChI=1S/C30H35OP.BF4/c31-29-17-9-7-15-27(29)23-19-21-24(22-20-23)28-16-8-10-18-30(28)32(25-11-3-1-4-12-25)26-13-5-2-6-14-26;2-1(3,4)5/h7-10,15-22,25-26,31H,1-6,11-14H2;/q;-1/p+1. The second-order valence-electron chi connectivity index (χ2n) is 10.3. The quantitative estimate of drug-likeness (QED) is 0.198. The van der Waals surface area contributed by atoms with E-state index < -0.39 is 15.2 Å². The van der Waals surface area contributed by atoms with Crippen molar-refractivity contribution in [1.29, 1.82) is 0 Å². The highest BCUT2D eigenvalue weighted by Gasteiger charge is 2.40. The molecule has 2 saturated carbocycles. The molecule has 0 atom stereocenters. The molecular weight excluding hydrogens is 494 g/mol. The lowest BCUT2D eigenvalue weighted by Crippen LogP contribution is -2.27. The molecule has 0 radical (unpaired) electrons. The first-order valence-electron chi connectivity index (χ1n) is 13.5. The fraction of sp³-hybridized carbons (Fsp3) is 0.400. The Morgan fingerprint density at radius 2 is 0.973 bits per heavy atom. The summed E-state index contributed by atoms with van der Waals surface area (Å²) in [6.07, 6.45) is 14.4. The molecule has 0 unspecified atom stereocenters. The molecule has 0 saturated heterocycles. The summed E-state index contributed by atoms with van der Waals surface area (Å²) >= 11 is 0. The van der Waals surface area contributed by atoms with Crippen LogP contribution in [-0.2, 0) is 0 Å². The molecule has 7 heteroatoms. The molecule has 3 aromatic carbocycles. The smallest absolute Gasteiger partial charge is 0.507 e. The van der Waals surface area contributed by atoms with Crippen molar-refractivity contribution in [2.24, 2.45) is 0 Å². The minimum Gasteiger partial charge on any atom is -0.507 e. The van der Waals surface area contributed by atoms with E-state index in [2.05, 4.69) is 48.5 Å². The normalized spacial score (nSPS) is 17.3. The van der Waals surface area contributed by atoms with Gasteiger partial charge < -0.3 is 22.4 Å². The van der Waals surface area contributed by atoms with Gasteiger partial charge in [-0.15, -0.1) is 0 Å². The molecule has 3 aromatic rings. The summed E-state index contributed by atoms with van der Waals surface area (Å²) in [6.45, 7) is 0. The predicted octanol–water partition coefficient (Wildman–Crippen LogP) is 9.53. The van der Waals surface area contributed by atoms with Crippen molar-refractivity contribution in [3.05, 3.63) is 72.8 Å². The number of phenols is 1. The number of phenolic OH excluding ortho intramolecular Hbond substituents is 1. The lowest BCUT2D eigenvalue weighted by molar-refractivity contribution is 0.368. The number of halogens is 4. The highest BCUT2D eigenvalue weighted by atomic mass is 31.1. The minimum absolute atomic E-state index is 0.348. The van der Waals surface area contributed by atoms with Gasteiger partial charge in [0.15, 0.2) is 0 Å². The first-order valence-corrected chi connectivity index (χ1v) is 15.2. The Hall–Kier alpha value is -2.33. The molecule has 37 heavy (non-hydrogen) atoms. The fourth-order valence-corrected chi connectivity index (χ4v) is 10.6. The van der Waals surface area contributed by atoms with E-state index in [1.54, 1.807) is 11.4 Å². The number of hydrogen-bond acceptors (Lipinski definition) is 1. The van der Waals surface area contributed by atoms with E-state index in [-0.39, 0.29) is 0 Å². The van der Waals surface area contributed by atoms with Crippen LogP contribution in [0.4, 0.5) is 17.3 Å². The number of rotatable bonds is 5. The molecule has 2 aliphatic rings. The maximum atomic E-state index is 10.3. The van der Waals surface area contributed by atoms with Gasteiger partial charge in [0.05, 0.1) is 16.6 Å². The van der Waals surface area contributed by atoms with Gasteiger partial charge in [0.1, 0.15) is 5.75 Å². The van der Waals surface area contributed by atoms with Crippen molar-refractivity contribution in [2.75, 3.05) is 0 Å². The maximum Gasteiger partial charge on any atom is 0.673 e. The van der Waals surface area contributed by atoms with Crippen LogP contribution in [0.25, 0.3) is 22.3 Å². The molecule has 0 heterocycles. The van der Waals surface area contributed by atoms with Crippen LogP contribution in [0.5, 0.6) is 5.75 Å². The monoisotopic (exact) mass is 530 g/mol. The van der Waals surface area contributed by atoms with E-state index >= 15 is 0 Å². The highest BCUT2D eigenvalue weighted by molar-refractivity contribution is 7.67. The maximum absolute atomic E-state index is 10.3. The van der Waals surface area contributed by atoms with Crippen LogP contribution in [0.3, 0.4) is 0 Å². The molecule has 5 rings (SSSR count). The first-order chi connectivity index (χ1) is 17.8. The largest absolute Gasteiger partial charge is 0.673 e. The number of para-hydroxylation sites is 1. The van der Waals surface area contributed by atoms with Crippen LogP contribution in [0.15, 0.2) is 72.8 Å². The Labute approximate surface area is 219 Å². The molecule has 2 aliphatic carbocycles. The molecule has 0 amide bonds. The molecule has 0 bridgehead atoms. The van der Waals surface area contributed by atoms with Crippen molar-refractivity contribution >= 4 is 20.5 Å². The van der Waals surface area contributed by atoms with Crippen molar-refractivity contribution in [1.82, 2.24) is 0 Å². The molecule has 0 aliphatic heterocycles. The van der Waals surface area contributed by atoms with E-state index in [1.807, 2.05) is 18.2 Å². The van der Waals surface area contributed by atoms with Gasteiger partial charge in [0, 0.05) is 19.0 Å². The van der Waals surface area contributed by atoms with Crippen molar-refractivity contribution < 1.29 is 22.4 Å². The SMILES string of the molecule is F[B-](F)(F)F.Oc1ccccc1-c1ccc(-c2ccccc2[PH+](C2CCCCC2)C2CCCCC2)cc1. The van der Waals surface area contributed by atoms with Crippen LogP contribution >= 0.6 is 7.92 Å². The van der Waals surface area contributed by atoms with Gasteiger partial charge in [-0.2, -0.15) is 0 Å². The Bertz CT molecular complexity index is 1100. The third-order valence-electron chi connectivity index (χ3n) is 7.74. The van der Waals surface area contributed by atoms with Crippen molar-refractivity contribution in [3.8, 4) is 28.0 Å². The molecule has 1 N–H and O–H groups in total. The number of hydrogen-bond donors (Lipinski definition) is 1. The topological polar surface area (TPSA) is 20.2 Å². The molecular formula is C30H36BF4OP. The zero-order chi connectivity index (χ0) is 26.3. The van der Waals surface area contributed by atoms with Crippen LogP contribution in [0, 0.1) is 0 Å². The Morgan fingerprint density at radius 1 is 0.568 bits per heavy atom. The summed E-state index contributed by atoms with van der Waals surface area (Å²) in [5.74, 6) is 0.348. The van der Waals surface area contributed by atoms with Gasteiger partial charge in [0.2, 0.25) is 0 Å². The fourth-order valence-electron chi connectivity index (χ4n) is 6.13. The molecule has 1 nitrogen and oxygen atoms in total. The summed E-state index contributed by atoms with van der Waals surface area (Å²) in [5, 5.41) is 11.9. The second kappa shape index (κ2) is 13.0. The van der Waals surface area contributed by atoms with Crippen LogP contribution in [0.1, 0.15) is 64.2 Å². The second-order valence-corrected chi connectivity index (χ2v) is 13.3. The van der Waals surface area contributed by atoms with Gasteiger partial charge in [-0.1, -0.05) is 73.5 Å². The Kier molecular flexibility index (Phi) is 9.70. The Balaban J connectivity index is 0.000000586. The van der Waals surface area contributed by atoms with E-state index in [0.29, 0.717) is 5.75 Å². The zero-order valence-corrected chi connectivity index (χ0v) is 22.2. The summed E-state index contributed by atoms with van der Waals surface area (Å²) < 4.78 is 39.0. The predicted molar refractivity (Wildman–Crippen MR) is 151 cm³/mol. The first kappa shape index (κ1) is 27.7. The van der Waals surface area contributed by atoms with Crippen LogP contribution in [-0.4, -0.2) is 23.7 Å². The molecule has 2 fully saturated rings. The van der Waals surface area contributed by atoms with Crippen molar-refractivity contribution in [3.63, 3.8) is 0 Å². The average molecular weight is 530 g/mol. The van der Waals surface area contributed by atoms with Crippen molar-refractivity contribution in [2.45, 2.75) is 75.5 Å². The number of benzene rings is 3. The average Bonchev–Trinajstić information content (AvgIpc) is 2.90. The van der Waals surface area contributed by atoms with E-state index in [1.165, 1.54) is 75.3 Å². The molecule has 198 valence electrons. The third kappa shape index (κ3) is 7.83. The Morgan fingerprint density at radius 3 is 1.46 bits per heavy atom. The summed E-state index contributed by atoms with van der Waals surface area (Å²) in [5.41, 5.74) is 6.66. The summed E-state index contributed by atoms with van der Waals surface area (Å²) in [7, 11) is -6.61. The van der Waals surface area contributed by atoms with Gasteiger partial charge in [-0.25, -0.2) is 0 Å². The van der Waals surface area contributed by atoms with Crippen LogP contribution in [0.2, 0.25) is 0 Å². The zero-order valence-electron chi connectivity index (χ0n) is 21.2. The summed E-state index contributed by atoms with van der Waals surface area (Å²) in [6, 6.07) is 25.8. The third-order valence-corrected chi connectivity index (χ3v) is 11.7. The molecule has 0 aromatic heterocycles. The van der Waals surface area contributed by atoms with E-state index in [9.17, 15) is 22.4 Å². The highest BCUT2D eigenvalue weighted by Crippen LogP contribution is 2.56. The van der Waals surface area contributed by atoms with Gasteiger partial charge in [0.25, 0.3) is 0 Å². The number of aromatic hydroxyl groups is 1. The van der Waals surface area contributed by atoms with Gasteiger partial charge in [-0.3, -0.25) is 0 Å². The van der Waals surface area contributed by atoms with Gasteiger partial charge in [-0.05, 0) is 74.6 Å². The minimum atomic E-state index is -6.00. The van der Waals surface area contributed by atoms with E-state index in [4.69, 9.17) is 0 Å². The lowest BCUT2D eigenvalue weighted by Gasteiger charge is -2.33. The van der Waals surface area contributed by atoms with Gasteiger partial charge >= 0.3 is 7.25 Å². The summed E-state index contributed by atoms with van der Waals surface area (Å²) in [4.78, 5) is 0. The molecule has 0 spiro atoms. The van der Waals surface area contributed by atoms with Crippen LogP contribution < -0.4 is 5.30 Å². The lowest BCUT2D eigenvalue weighted by atomic mass is 9.99. The van der Waals surface area contributed by atoms with E-state index in [0.717, 1.165) is 22.4 Å².